The highest BCUT2D eigenvalue weighted by molar-refractivity contribution is 5.75. The molecule has 62 heteroatoms. The van der Waals surface area contributed by atoms with E-state index in [9.17, 15) is 182 Å². The van der Waals surface area contributed by atoms with E-state index >= 15 is 0 Å². The SMILES string of the molecule is CC(=O)N[C@H]1[C@H](O[C@@H]([C@H](O)[C@H](CO)NC(C)=O)[C@H](O)CO)O[C@H](CO)[C@@H](O[C@@H]2O[C@H](CO[C@H]3O[C@H](CO[C@@H]4O[C@H](CO)[C@@H](O[C@@H]5O[C@H](CO)[C@H](O)[C@H](O)[C@H]5O)[C@H](O)[C@H]4NC(C)=O)[C@@H](O)[C@H](O)[C@@H]3O[C@@H]3O[C@H](CO)[C@@H](O)[C@H](O)[C@H]3NC(C)=O)[C@@H](O)[C@H](O[C@H]3O[C@H](CO)[C@@H](O[C@H]4O[C@H](CO)[C@@H](O)[C@H](O)[C@H]4NC(C)=O)[C@H](O)[C@@H]3O[C@@H]3O[C@H](CO)[C@@H](O[C@@H]4O[C@H](CO)[C@H](O)[C@H](O)[C@H]4O)[C@H](O)[C@H]3NC(C)=O)[C@@H]2O)[C@@H]1O. The Balaban J connectivity index is 1.07. The Morgan fingerprint density at radius 2 is 0.514 bits per heavy atom. The van der Waals surface area contributed by atoms with Crippen LogP contribution in [0.15, 0.2) is 0 Å². The molecule has 0 aromatic carbocycles. The number of aliphatic hydroxyl groups excluding tert-OH is 30. The van der Waals surface area contributed by atoms with E-state index in [1.54, 1.807) is 0 Å². The molecule has 0 saturated carbocycles. The smallest absolute Gasteiger partial charge is 0.217 e. The Hall–Kier alpha value is -5.18. The van der Waals surface area contributed by atoms with Gasteiger partial charge in [-0.15, -0.1) is 0 Å². The Morgan fingerprint density at radius 3 is 0.893 bits per heavy atom. The van der Waals surface area contributed by atoms with Crippen molar-refractivity contribution < 1.29 is 277 Å². The summed E-state index contributed by atoms with van der Waals surface area (Å²) in [6, 6.07) is -11.6. The molecule has 0 aromatic heterocycles. The first-order chi connectivity index (χ1) is 66.2. The normalized spacial score (nSPS) is 45.7. The fraction of sp³-hybridized carbons (Fsp3) is 0.923. The summed E-state index contributed by atoms with van der Waals surface area (Å²) in [6.07, 6.45) is -106. The average Bonchev–Trinajstić information content (AvgIpc) is 0.755. The number of rotatable bonds is 41. The van der Waals surface area contributed by atoms with Gasteiger partial charge in [0.15, 0.2) is 62.9 Å². The zero-order chi connectivity index (χ0) is 104. The maximum Gasteiger partial charge on any atom is 0.217 e. The van der Waals surface area contributed by atoms with Crippen LogP contribution in [-0.2, 0) is 124 Å². The molecule has 0 aromatic rings. The van der Waals surface area contributed by atoms with Crippen molar-refractivity contribution >= 4 is 35.4 Å². The molecule has 10 heterocycles. The van der Waals surface area contributed by atoms with Crippen LogP contribution in [-0.4, -0.2) is 599 Å². The van der Waals surface area contributed by atoms with E-state index in [2.05, 4.69) is 31.9 Å². The highest BCUT2D eigenvalue weighted by Gasteiger charge is 2.63. The standard InChI is InChI=1S/C78H132N6O56/c1-19(95)79-25(7-85)42(102)61(26(101)8-86)133-72-40(83-23(5)99)52(112)64(33(15-93)128-72)137-76-60(120)66(138-78-68(59(119)65(34(16-94)130-78)134-70-37(80-20(2)96)49(109)43(103)27(9-87)123-70)140-73-41(84-24(6)100)53(113)63(32(14-92)129-73)136-75-58(118)55(115)46(106)30(12-90)126-75)48(108)36(131-76)18-122-77-67(139-71-38(81-21(3)97)50(110)44(104)28(10-88)124-71)56(116)47(107)35(132-77)17-121-69-39(82-22(4)98)51(111)62(31(13-91)127-69)135-74-57(117)54(114)45(105)29(11-89)125-74/h25-78,85-94,101-120H,7-18H2,1-6H3,(H,79,95)(H,80,96)(H,81,97)(H,82,98)(H,83,99)(H,84,100)/t25-,26+,27+,28+,29+,30+,31+,32+,33+,34+,35+,36+,37+,38+,39+,40+,41+,42+,43+,44+,45-,46-,47+,48+,49+,50+,51+,52+,53+,54-,55-,56-,57+,58+,59-,60-,61+,62+,63+,64+,65+,66-,67-,68-,69+,70+,71-,72-,73-,74-,75-,76-,77-,78+/m0/s1. The van der Waals surface area contributed by atoms with E-state index in [0.29, 0.717) is 0 Å². The Morgan fingerprint density at radius 1 is 0.243 bits per heavy atom. The van der Waals surface area contributed by atoms with Gasteiger partial charge in [-0.25, -0.2) is 0 Å². The van der Waals surface area contributed by atoms with Crippen molar-refractivity contribution in [3.8, 4) is 0 Å². The van der Waals surface area contributed by atoms with Gasteiger partial charge in [-0.1, -0.05) is 0 Å². The van der Waals surface area contributed by atoms with Crippen molar-refractivity contribution in [2.75, 3.05) is 79.3 Å². The minimum absolute atomic E-state index is 0.861. The van der Waals surface area contributed by atoms with Gasteiger partial charge in [0, 0.05) is 41.5 Å². The maximum absolute atomic E-state index is 13.4. The molecular formula is C78H132N6O56. The number of nitrogens with one attached hydrogen (secondary N) is 6. The molecule has 0 radical (unpaired) electrons. The summed E-state index contributed by atoms with van der Waals surface area (Å²) < 4.78 is 121. The van der Waals surface area contributed by atoms with Crippen molar-refractivity contribution in [1.29, 1.82) is 0 Å². The van der Waals surface area contributed by atoms with Crippen LogP contribution >= 0.6 is 0 Å². The molecule has 54 atom stereocenters. The van der Waals surface area contributed by atoms with E-state index < -0.39 is 446 Å². The van der Waals surface area contributed by atoms with Crippen LogP contribution in [0.3, 0.4) is 0 Å². The summed E-state index contributed by atoms with van der Waals surface area (Å²) in [4.78, 5) is 77.5. The van der Waals surface area contributed by atoms with Crippen molar-refractivity contribution in [3.63, 3.8) is 0 Å². The molecule has 0 aliphatic carbocycles. The van der Waals surface area contributed by atoms with Gasteiger partial charge in [0.25, 0.3) is 0 Å². The zero-order valence-corrected chi connectivity index (χ0v) is 75.7. The molecule has 810 valence electrons. The lowest BCUT2D eigenvalue weighted by molar-refractivity contribution is -0.405. The van der Waals surface area contributed by atoms with E-state index in [-0.39, 0.29) is 0 Å². The molecule has 62 nitrogen and oxygen atoms in total. The second-order valence-electron chi connectivity index (χ2n) is 35.1. The van der Waals surface area contributed by atoms with Gasteiger partial charge in [-0.05, 0) is 0 Å². The third-order valence-electron chi connectivity index (χ3n) is 25.0. The lowest BCUT2D eigenvalue weighted by Crippen LogP contribution is -2.71. The molecule has 10 aliphatic heterocycles. The highest BCUT2D eigenvalue weighted by atomic mass is 16.8. The fourth-order valence-corrected chi connectivity index (χ4v) is 17.7. The number of carbonyl (C=O) groups excluding carboxylic acids is 6. The van der Waals surface area contributed by atoms with Gasteiger partial charge in [0.1, 0.15) is 262 Å². The Kier molecular flexibility index (Phi) is 43.5. The van der Waals surface area contributed by atoms with Gasteiger partial charge in [-0.3, -0.25) is 28.8 Å². The topological polar surface area (TPSA) is 966 Å². The largest absolute Gasteiger partial charge is 0.394 e. The molecule has 6 amide bonds. The third-order valence-corrected chi connectivity index (χ3v) is 25.0. The van der Waals surface area contributed by atoms with Gasteiger partial charge < -0.3 is 280 Å². The quantitative estimate of drug-likeness (QED) is 0.0270. The first-order valence-corrected chi connectivity index (χ1v) is 44.5. The first-order valence-electron chi connectivity index (χ1n) is 44.5. The summed E-state index contributed by atoms with van der Waals surface area (Å²) in [5.41, 5.74) is 0. The van der Waals surface area contributed by atoms with Gasteiger partial charge in [-0.2, -0.15) is 0 Å². The first kappa shape index (κ1) is 117. The molecule has 36 N–H and O–H groups in total. The van der Waals surface area contributed by atoms with Crippen LogP contribution in [0.2, 0.25) is 0 Å². The predicted octanol–water partition coefficient (Wildman–Crippen LogP) is -24.5. The van der Waals surface area contributed by atoms with Crippen molar-refractivity contribution in [2.45, 2.75) is 373 Å². The monoisotopic (exact) mass is 2050 g/mol. The predicted molar refractivity (Wildman–Crippen MR) is 434 cm³/mol. The zero-order valence-electron chi connectivity index (χ0n) is 75.7. The summed E-state index contributed by atoms with van der Waals surface area (Å²) >= 11 is 0. The van der Waals surface area contributed by atoms with E-state index in [1.807, 2.05) is 0 Å². The van der Waals surface area contributed by atoms with E-state index in [4.69, 9.17) is 94.7 Å². The van der Waals surface area contributed by atoms with Gasteiger partial charge >= 0.3 is 0 Å². The van der Waals surface area contributed by atoms with Crippen molar-refractivity contribution in [2.24, 2.45) is 0 Å². The molecule has 0 spiro atoms. The molecule has 10 fully saturated rings. The summed E-state index contributed by atoms with van der Waals surface area (Å²) in [6.45, 7) is -8.73. The van der Waals surface area contributed by atoms with E-state index in [1.165, 1.54) is 0 Å². The summed E-state index contributed by atoms with van der Waals surface area (Å²) in [7, 11) is 0. The minimum Gasteiger partial charge on any atom is -0.394 e. The number of hydrogen-bond donors (Lipinski definition) is 36. The fourth-order valence-electron chi connectivity index (χ4n) is 17.7. The second kappa shape index (κ2) is 52.1. The van der Waals surface area contributed by atoms with Crippen LogP contribution in [0.1, 0.15) is 41.5 Å². The average molecular weight is 2050 g/mol. The van der Waals surface area contributed by atoms with Crippen LogP contribution in [0.25, 0.3) is 0 Å². The molecule has 10 rings (SSSR count). The van der Waals surface area contributed by atoms with Gasteiger partial charge in [0.05, 0.1) is 85.3 Å². The van der Waals surface area contributed by atoms with Crippen molar-refractivity contribution in [3.05, 3.63) is 0 Å². The second-order valence-corrected chi connectivity index (χ2v) is 35.1. The van der Waals surface area contributed by atoms with Crippen LogP contribution in [0.5, 0.6) is 0 Å². The number of amides is 6. The van der Waals surface area contributed by atoms with Crippen molar-refractivity contribution in [1.82, 2.24) is 31.9 Å². The molecule has 0 unspecified atom stereocenters. The molecule has 140 heavy (non-hydrogen) atoms. The Labute approximate surface area is 793 Å². The van der Waals surface area contributed by atoms with E-state index in [0.717, 1.165) is 41.5 Å². The van der Waals surface area contributed by atoms with Crippen LogP contribution < -0.4 is 31.9 Å². The maximum atomic E-state index is 13.4. The minimum atomic E-state index is -2.79. The molecular weight excluding hydrogens is 1920 g/mol. The number of aliphatic hydroxyl groups is 30. The van der Waals surface area contributed by atoms with Crippen LogP contribution in [0.4, 0.5) is 0 Å². The lowest BCUT2D eigenvalue weighted by Gasteiger charge is -2.52. The molecule has 10 aliphatic rings. The number of ether oxygens (including phenoxy) is 20. The van der Waals surface area contributed by atoms with Crippen LogP contribution in [0, 0.1) is 0 Å². The lowest BCUT2D eigenvalue weighted by atomic mass is 9.93. The molecule has 10 saturated heterocycles. The van der Waals surface area contributed by atoms with Gasteiger partial charge in [0.2, 0.25) is 35.4 Å². The number of carbonyl (C=O) groups is 6. The summed E-state index contributed by atoms with van der Waals surface area (Å²) in [5.74, 6) is -5.82. The third kappa shape index (κ3) is 26.9. The summed E-state index contributed by atoms with van der Waals surface area (Å²) in [5, 5.41) is 353. The molecule has 0 bridgehead atoms. The Bertz CT molecular complexity index is 3860. The number of hydrogen-bond acceptors (Lipinski definition) is 56. The highest BCUT2D eigenvalue weighted by Crippen LogP contribution is 2.42.